The normalized spacial score (nSPS) is 11.6. The predicted molar refractivity (Wildman–Crippen MR) is 134 cm³/mol. The molecule has 3 aromatic carbocycles. The second-order valence-corrected chi connectivity index (χ2v) is 8.64. The summed E-state index contributed by atoms with van der Waals surface area (Å²) in [6.45, 7) is 2.55. The third-order valence-electron chi connectivity index (χ3n) is 5.70. The number of nitrogens with zero attached hydrogens (tertiary/aromatic N) is 1. The molecule has 6 heteroatoms. The fraction of sp³-hybridized carbons (Fsp3) is 0.286. The molecule has 0 spiro atoms. The van der Waals surface area contributed by atoms with Gasteiger partial charge in [0.05, 0.1) is 6.42 Å². The van der Waals surface area contributed by atoms with Crippen molar-refractivity contribution in [1.29, 1.82) is 0 Å². The summed E-state index contributed by atoms with van der Waals surface area (Å²) in [5, 5.41) is 3.44. The van der Waals surface area contributed by atoms with E-state index in [1.165, 1.54) is 11.0 Å². The maximum atomic E-state index is 14.6. The smallest absolute Gasteiger partial charge is 0.243 e. The van der Waals surface area contributed by atoms with Crippen molar-refractivity contribution in [2.24, 2.45) is 0 Å². The van der Waals surface area contributed by atoms with Gasteiger partial charge in [0.25, 0.3) is 0 Å². The Morgan fingerprint density at radius 3 is 2.26 bits per heavy atom. The molecule has 0 bridgehead atoms. The van der Waals surface area contributed by atoms with Crippen LogP contribution in [0.1, 0.15) is 36.5 Å². The second-order valence-electron chi connectivity index (χ2n) is 8.23. The highest BCUT2D eigenvalue weighted by atomic mass is 35.5. The topological polar surface area (TPSA) is 49.4 Å². The first kappa shape index (κ1) is 25.4. The molecule has 3 aromatic rings. The number of unbranched alkanes of at least 4 members (excludes halogenated alkanes) is 1. The van der Waals surface area contributed by atoms with Gasteiger partial charge in [0.1, 0.15) is 11.9 Å². The van der Waals surface area contributed by atoms with Crippen molar-refractivity contribution in [3.05, 3.63) is 106 Å². The van der Waals surface area contributed by atoms with E-state index >= 15 is 0 Å². The van der Waals surface area contributed by atoms with Gasteiger partial charge in [-0.15, -0.1) is 0 Å². The summed E-state index contributed by atoms with van der Waals surface area (Å²) < 4.78 is 14.6. The number of halogens is 2. The second kappa shape index (κ2) is 12.9. The summed E-state index contributed by atoms with van der Waals surface area (Å²) in [6, 6.07) is 22.2. The number of hydrogen-bond acceptors (Lipinski definition) is 2. The fourth-order valence-electron chi connectivity index (χ4n) is 3.78. The lowest BCUT2D eigenvalue weighted by atomic mass is 10.0. The first-order valence-corrected chi connectivity index (χ1v) is 11.9. The van der Waals surface area contributed by atoms with E-state index in [9.17, 15) is 14.0 Å². The van der Waals surface area contributed by atoms with Crippen LogP contribution in [0.4, 0.5) is 4.39 Å². The lowest BCUT2D eigenvalue weighted by molar-refractivity contribution is -0.140. The number of hydrogen-bond donors (Lipinski definition) is 1. The first-order chi connectivity index (χ1) is 16.5. The summed E-state index contributed by atoms with van der Waals surface area (Å²) in [7, 11) is 0. The quantitative estimate of drug-likeness (QED) is 0.364. The number of carbonyl (C=O) groups excluding carboxylic acids is 2. The molecule has 3 rings (SSSR count). The molecule has 0 radical (unpaired) electrons. The zero-order chi connectivity index (χ0) is 24.3. The van der Waals surface area contributed by atoms with E-state index in [0.717, 1.165) is 18.4 Å². The molecule has 1 unspecified atom stereocenters. The highest BCUT2D eigenvalue weighted by Gasteiger charge is 2.31. The van der Waals surface area contributed by atoms with Gasteiger partial charge >= 0.3 is 0 Å². The van der Waals surface area contributed by atoms with Crippen molar-refractivity contribution in [2.75, 3.05) is 6.54 Å². The number of carbonyl (C=O) groups is 2. The fourth-order valence-corrected chi connectivity index (χ4v) is 3.98. The molecule has 0 fully saturated rings. The number of nitrogens with one attached hydrogen (secondary N) is 1. The van der Waals surface area contributed by atoms with Gasteiger partial charge in [0, 0.05) is 30.1 Å². The van der Waals surface area contributed by atoms with Crippen LogP contribution >= 0.6 is 11.6 Å². The molecular formula is C28H30ClFN2O2. The van der Waals surface area contributed by atoms with Crippen LogP contribution in [0.25, 0.3) is 0 Å². The van der Waals surface area contributed by atoms with E-state index in [-0.39, 0.29) is 24.8 Å². The molecule has 0 aliphatic rings. The Morgan fingerprint density at radius 1 is 0.941 bits per heavy atom. The van der Waals surface area contributed by atoms with Crippen LogP contribution in [0.3, 0.4) is 0 Å². The third kappa shape index (κ3) is 7.16. The highest BCUT2D eigenvalue weighted by molar-refractivity contribution is 6.31. The van der Waals surface area contributed by atoms with Gasteiger partial charge < -0.3 is 10.2 Å². The Balaban J connectivity index is 1.96. The average Bonchev–Trinajstić information content (AvgIpc) is 2.84. The van der Waals surface area contributed by atoms with Gasteiger partial charge in [0.2, 0.25) is 11.8 Å². The van der Waals surface area contributed by atoms with Crippen molar-refractivity contribution in [2.45, 2.75) is 45.2 Å². The number of amides is 2. The Morgan fingerprint density at radius 2 is 1.59 bits per heavy atom. The van der Waals surface area contributed by atoms with Crippen LogP contribution in [0.5, 0.6) is 0 Å². The highest BCUT2D eigenvalue weighted by Crippen LogP contribution is 2.21. The van der Waals surface area contributed by atoms with Crippen LogP contribution < -0.4 is 5.32 Å². The zero-order valence-electron chi connectivity index (χ0n) is 19.3. The predicted octanol–water partition coefficient (Wildman–Crippen LogP) is 5.58. The summed E-state index contributed by atoms with van der Waals surface area (Å²) in [4.78, 5) is 28.4. The van der Waals surface area contributed by atoms with Crippen LogP contribution in [-0.2, 0) is 29.0 Å². The van der Waals surface area contributed by atoms with Crippen LogP contribution in [0.15, 0.2) is 78.9 Å². The zero-order valence-corrected chi connectivity index (χ0v) is 20.1. The molecule has 0 saturated carbocycles. The van der Waals surface area contributed by atoms with Gasteiger partial charge in [-0.1, -0.05) is 91.7 Å². The molecule has 34 heavy (non-hydrogen) atoms. The SMILES string of the molecule is CCCCNC(=O)C(Cc1ccccc1)N(Cc1ccccc1F)C(=O)Cc1ccccc1Cl. The minimum absolute atomic E-state index is 0.0155. The molecule has 0 aliphatic carbocycles. The monoisotopic (exact) mass is 480 g/mol. The number of benzene rings is 3. The van der Waals surface area contributed by atoms with Gasteiger partial charge in [0.15, 0.2) is 0 Å². The van der Waals surface area contributed by atoms with Crippen molar-refractivity contribution in [1.82, 2.24) is 10.2 Å². The Labute approximate surface area is 205 Å². The van der Waals surface area contributed by atoms with E-state index < -0.39 is 11.9 Å². The van der Waals surface area contributed by atoms with Crippen LogP contribution in [0, 0.1) is 5.82 Å². The molecule has 0 heterocycles. The van der Waals surface area contributed by atoms with E-state index in [0.29, 0.717) is 29.1 Å². The molecule has 4 nitrogen and oxygen atoms in total. The van der Waals surface area contributed by atoms with Crippen LogP contribution in [0.2, 0.25) is 5.02 Å². The maximum Gasteiger partial charge on any atom is 0.243 e. The van der Waals surface area contributed by atoms with Crippen molar-refractivity contribution in [3.8, 4) is 0 Å². The van der Waals surface area contributed by atoms with E-state index in [1.807, 2.05) is 43.3 Å². The van der Waals surface area contributed by atoms with E-state index in [2.05, 4.69) is 5.32 Å². The minimum Gasteiger partial charge on any atom is -0.354 e. The van der Waals surface area contributed by atoms with Gasteiger partial charge in [-0.2, -0.15) is 0 Å². The Kier molecular flexibility index (Phi) is 9.65. The molecule has 1 N–H and O–H groups in total. The first-order valence-electron chi connectivity index (χ1n) is 11.6. The lowest BCUT2D eigenvalue weighted by Gasteiger charge is -2.32. The minimum atomic E-state index is -0.797. The van der Waals surface area contributed by atoms with Gasteiger partial charge in [-0.25, -0.2) is 4.39 Å². The summed E-state index contributed by atoms with van der Waals surface area (Å²) in [5.41, 5.74) is 1.94. The molecule has 178 valence electrons. The van der Waals surface area contributed by atoms with Gasteiger partial charge in [-0.3, -0.25) is 9.59 Å². The standard InChI is InChI=1S/C28H30ClFN2O2/c1-2-3-17-31-28(34)26(18-21-11-5-4-6-12-21)32(20-23-14-8-10-16-25(23)30)27(33)19-22-13-7-9-15-24(22)29/h4-16,26H,2-3,17-20H2,1H3,(H,31,34). The van der Waals surface area contributed by atoms with Crippen molar-refractivity contribution < 1.29 is 14.0 Å². The summed E-state index contributed by atoms with van der Waals surface area (Å²) in [5.74, 6) is -0.952. The van der Waals surface area contributed by atoms with Crippen molar-refractivity contribution >= 4 is 23.4 Å². The largest absolute Gasteiger partial charge is 0.354 e. The summed E-state index contributed by atoms with van der Waals surface area (Å²) in [6.07, 6.45) is 2.11. The molecule has 0 aromatic heterocycles. The third-order valence-corrected chi connectivity index (χ3v) is 6.07. The lowest BCUT2D eigenvalue weighted by Crippen LogP contribution is -2.51. The molecular weight excluding hydrogens is 451 g/mol. The van der Waals surface area contributed by atoms with Crippen molar-refractivity contribution in [3.63, 3.8) is 0 Å². The average molecular weight is 481 g/mol. The molecule has 0 aliphatic heterocycles. The Hall–Kier alpha value is -3.18. The van der Waals surface area contributed by atoms with E-state index in [1.54, 1.807) is 36.4 Å². The van der Waals surface area contributed by atoms with Gasteiger partial charge in [-0.05, 0) is 29.7 Å². The van der Waals surface area contributed by atoms with E-state index in [4.69, 9.17) is 11.6 Å². The molecule has 0 saturated heterocycles. The molecule has 2 amide bonds. The summed E-state index contributed by atoms with van der Waals surface area (Å²) >= 11 is 6.30. The number of rotatable bonds is 11. The Bertz CT molecular complexity index is 1090. The molecule has 1 atom stereocenters. The maximum absolute atomic E-state index is 14.6. The van der Waals surface area contributed by atoms with Crippen LogP contribution in [-0.4, -0.2) is 29.3 Å².